The van der Waals surface area contributed by atoms with E-state index in [1.807, 2.05) is 18.2 Å². The van der Waals surface area contributed by atoms with E-state index in [-0.39, 0.29) is 11.8 Å². The Kier molecular flexibility index (Phi) is 9.19. The monoisotopic (exact) mass is 514 g/mol. The molecule has 29 heavy (non-hydrogen) atoms. The van der Waals surface area contributed by atoms with E-state index in [1.165, 1.54) is 5.56 Å². The highest BCUT2D eigenvalue weighted by molar-refractivity contribution is 9.10. The number of nitrogens with one attached hydrogen (secondary N) is 1. The Hall–Kier alpha value is -0.720. The predicted octanol–water partition coefficient (Wildman–Crippen LogP) is 6.02. The summed E-state index contributed by atoms with van der Waals surface area (Å²) in [5, 5.41) is 4.49. The lowest BCUT2D eigenvalue weighted by Gasteiger charge is -2.32. The first-order chi connectivity index (χ1) is 14.0. The number of halogens is 3. The molecule has 1 aliphatic rings. The highest BCUT2D eigenvalue weighted by Crippen LogP contribution is 2.28. The van der Waals surface area contributed by atoms with Gasteiger partial charge in [-0.15, -0.1) is 0 Å². The van der Waals surface area contributed by atoms with Crippen LogP contribution in [-0.4, -0.2) is 36.2 Å². The Morgan fingerprint density at radius 3 is 2.62 bits per heavy atom. The Morgan fingerprint density at radius 2 is 1.90 bits per heavy atom. The quantitative estimate of drug-likeness (QED) is 0.436. The summed E-state index contributed by atoms with van der Waals surface area (Å²) in [6, 6.07) is 14.0. The number of nitrogens with zero attached hydrogens (tertiary/aromatic N) is 1. The normalized spacial score (nSPS) is 17.3. The predicted molar refractivity (Wildman–Crippen MR) is 128 cm³/mol. The summed E-state index contributed by atoms with van der Waals surface area (Å²) in [5.74, 6) is 1.82. The molecule has 3 nitrogen and oxygen atoms in total. The van der Waals surface area contributed by atoms with Gasteiger partial charge in [-0.25, -0.2) is 0 Å². The van der Waals surface area contributed by atoms with Gasteiger partial charge in [0.15, 0.2) is 0 Å². The maximum atomic E-state index is 12.6. The van der Waals surface area contributed by atoms with Gasteiger partial charge in [0.2, 0.25) is 5.91 Å². The molecular weight excluding hydrogens is 491 g/mol. The molecule has 1 saturated heterocycles. The van der Waals surface area contributed by atoms with Crippen LogP contribution in [0.25, 0.3) is 0 Å². The Balaban J connectivity index is 1.38. The smallest absolute Gasteiger partial charge is 0.224 e. The average molecular weight is 516 g/mol. The molecule has 1 heterocycles. The first-order valence-corrected chi connectivity index (χ1v) is 12.5. The second-order valence-electron chi connectivity index (χ2n) is 7.24. The molecule has 0 aliphatic carbocycles. The molecule has 1 N–H and O–H groups in total. The van der Waals surface area contributed by atoms with Crippen molar-refractivity contribution in [2.75, 3.05) is 25.4 Å². The van der Waals surface area contributed by atoms with Crippen molar-refractivity contribution < 1.29 is 4.79 Å². The maximum absolute atomic E-state index is 12.6. The Bertz CT molecular complexity index is 799. The van der Waals surface area contributed by atoms with Crippen molar-refractivity contribution in [3.63, 3.8) is 0 Å². The molecule has 156 valence electrons. The molecule has 2 aromatic rings. The topological polar surface area (TPSA) is 32.3 Å². The summed E-state index contributed by atoms with van der Waals surface area (Å²) in [4.78, 5) is 15.0. The van der Waals surface area contributed by atoms with Crippen molar-refractivity contribution in [2.24, 2.45) is 5.92 Å². The molecule has 0 spiro atoms. The molecule has 1 unspecified atom stereocenters. The van der Waals surface area contributed by atoms with Gasteiger partial charge in [-0.3, -0.25) is 9.69 Å². The van der Waals surface area contributed by atoms with E-state index in [4.69, 9.17) is 23.2 Å². The molecule has 7 heteroatoms. The zero-order valence-electron chi connectivity index (χ0n) is 16.2. The van der Waals surface area contributed by atoms with Crippen molar-refractivity contribution in [1.82, 2.24) is 10.2 Å². The van der Waals surface area contributed by atoms with Crippen molar-refractivity contribution in [2.45, 2.75) is 25.1 Å². The zero-order chi connectivity index (χ0) is 20.6. The third-order valence-electron chi connectivity index (χ3n) is 5.05. The second-order valence-corrected chi connectivity index (χ2v) is 10.1. The summed E-state index contributed by atoms with van der Waals surface area (Å²) in [6.45, 7) is 3.43. The van der Waals surface area contributed by atoms with Gasteiger partial charge in [0, 0.05) is 45.7 Å². The van der Waals surface area contributed by atoms with Crippen LogP contribution >= 0.6 is 50.9 Å². The van der Waals surface area contributed by atoms with Gasteiger partial charge in [-0.2, -0.15) is 11.8 Å². The number of amides is 1. The van der Waals surface area contributed by atoms with Crippen LogP contribution in [0.5, 0.6) is 0 Å². The first-order valence-electron chi connectivity index (χ1n) is 9.78. The first kappa shape index (κ1) is 23.0. The molecule has 2 aromatic carbocycles. The lowest BCUT2D eigenvalue weighted by molar-refractivity contribution is -0.126. The average Bonchev–Trinajstić information content (AvgIpc) is 2.71. The number of thioether (sulfide) groups is 1. The van der Waals surface area contributed by atoms with Crippen LogP contribution in [0.1, 0.15) is 24.0 Å². The van der Waals surface area contributed by atoms with Gasteiger partial charge in [0.1, 0.15) is 0 Å². The summed E-state index contributed by atoms with van der Waals surface area (Å²) >= 11 is 17.6. The van der Waals surface area contributed by atoms with Crippen molar-refractivity contribution in [3.05, 3.63) is 68.1 Å². The third-order valence-corrected chi connectivity index (χ3v) is 7.27. The van der Waals surface area contributed by atoms with Crippen LogP contribution in [-0.2, 0) is 17.1 Å². The van der Waals surface area contributed by atoms with Crippen LogP contribution in [0.3, 0.4) is 0 Å². The number of carbonyl (C=O) groups is 1. The zero-order valence-corrected chi connectivity index (χ0v) is 20.1. The highest BCUT2D eigenvalue weighted by atomic mass is 79.9. The summed E-state index contributed by atoms with van der Waals surface area (Å²) in [7, 11) is 0. The Morgan fingerprint density at radius 1 is 1.17 bits per heavy atom. The molecule has 0 radical (unpaired) electrons. The van der Waals surface area contributed by atoms with Gasteiger partial charge < -0.3 is 5.32 Å². The van der Waals surface area contributed by atoms with Crippen LogP contribution < -0.4 is 5.32 Å². The van der Waals surface area contributed by atoms with Crippen molar-refractivity contribution >= 4 is 56.8 Å². The molecule has 3 rings (SSSR count). The van der Waals surface area contributed by atoms with Gasteiger partial charge in [-0.05, 0) is 54.8 Å². The molecule has 0 bridgehead atoms. The van der Waals surface area contributed by atoms with Crippen LogP contribution in [0, 0.1) is 5.92 Å². The van der Waals surface area contributed by atoms with Crippen molar-refractivity contribution in [1.29, 1.82) is 0 Å². The SMILES string of the molecule is O=C(NCCSCc1c(Cl)cccc1Cl)C1CCCN(Cc2ccc(Br)cc2)C1. The number of carbonyl (C=O) groups excluding carboxylic acids is 1. The number of rotatable bonds is 8. The number of hydrogen-bond acceptors (Lipinski definition) is 3. The van der Waals surface area contributed by atoms with Gasteiger partial charge in [0.05, 0.1) is 5.92 Å². The van der Waals surface area contributed by atoms with E-state index < -0.39 is 0 Å². The second kappa shape index (κ2) is 11.6. The summed E-state index contributed by atoms with van der Waals surface area (Å²) in [6.07, 6.45) is 2.03. The molecule has 0 aromatic heterocycles. The van der Waals surface area contributed by atoms with Crippen LogP contribution in [0.4, 0.5) is 0 Å². The van der Waals surface area contributed by atoms with Crippen molar-refractivity contribution in [3.8, 4) is 0 Å². The minimum Gasteiger partial charge on any atom is -0.355 e. The van der Waals surface area contributed by atoms with Gasteiger partial charge in [-0.1, -0.05) is 57.3 Å². The number of likely N-dealkylation sites (tertiary alicyclic amines) is 1. The standard InChI is InChI=1S/C22H25BrCl2N2OS/c23-18-8-6-16(7-9-18)13-27-11-2-3-17(14-27)22(28)26-10-12-29-15-19-20(24)4-1-5-21(19)25/h1,4-9,17H,2-3,10-15H2,(H,26,28). The molecule has 1 fully saturated rings. The van der Waals surface area contributed by atoms with Gasteiger partial charge >= 0.3 is 0 Å². The lowest BCUT2D eigenvalue weighted by atomic mass is 9.96. The highest BCUT2D eigenvalue weighted by Gasteiger charge is 2.25. The number of benzene rings is 2. The van der Waals surface area contributed by atoms with Gasteiger partial charge in [0.25, 0.3) is 0 Å². The van der Waals surface area contributed by atoms with E-state index in [1.54, 1.807) is 11.8 Å². The molecule has 1 aliphatic heterocycles. The maximum Gasteiger partial charge on any atom is 0.224 e. The fourth-order valence-corrected chi connectivity index (χ4v) is 5.36. The van der Waals surface area contributed by atoms with Crippen LogP contribution in [0.2, 0.25) is 10.0 Å². The van der Waals surface area contributed by atoms with E-state index in [0.717, 1.165) is 54.0 Å². The molecule has 0 saturated carbocycles. The molecule has 1 amide bonds. The van der Waals surface area contributed by atoms with E-state index >= 15 is 0 Å². The fourth-order valence-electron chi connectivity index (χ4n) is 3.50. The third kappa shape index (κ3) is 7.18. The number of hydrogen-bond donors (Lipinski definition) is 1. The minimum absolute atomic E-state index is 0.0715. The Labute approximate surface area is 195 Å². The summed E-state index contributed by atoms with van der Waals surface area (Å²) < 4.78 is 1.09. The number of piperidine rings is 1. The lowest BCUT2D eigenvalue weighted by Crippen LogP contribution is -2.43. The van der Waals surface area contributed by atoms with E-state index in [2.05, 4.69) is 50.4 Å². The minimum atomic E-state index is 0.0715. The summed E-state index contributed by atoms with van der Waals surface area (Å²) in [5.41, 5.74) is 2.24. The van der Waals surface area contributed by atoms with E-state index in [0.29, 0.717) is 16.6 Å². The molecule has 1 atom stereocenters. The molecular formula is C22H25BrCl2N2OS. The van der Waals surface area contributed by atoms with Crippen LogP contribution in [0.15, 0.2) is 46.9 Å². The van der Waals surface area contributed by atoms with E-state index in [9.17, 15) is 4.79 Å². The largest absolute Gasteiger partial charge is 0.355 e. The fraction of sp³-hybridized carbons (Fsp3) is 0.409.